The molecule has 0 saturated carbocycles. The summed E-state index contributed by atoms with van der Waals surface area (Å²) < 4.78 is 9.63. The van der Waals surface area contributed by atoms with Crippen molar-refractivity contribution in [2.24, 2.45) is 16.7 Å². The smallest absolute Gasteiger partial charge is 0.337 e. The Labute approximate surface area is 84.5 Å². The van der Waals surface area contributed by atoms with Crippen molar-refractivity contribution in [1.82, 2.24) is 6.15 Å². The van der Waals surface area contributed by atoms with E-state index in [2.05, 4.69) is 9.84 Å². The predicted molar refractivity (Wildman–Crippen MR) is 55.0 cm³/mol. The van der Waals surface area contributed by atoms with Gasteiger partial charge < -0.3 is 27.2 Å². The molecule has 0 spiro atoms. The SMILES string of the molecule is COC(=O)C(C)(C)OC/C(N)=N/N.N.[HH]. The molecule has 0 unspecified atom stereocenters. The van der Waals surface area contributed by atoms with Gasteiger partial charge in [0.2, 0.25) is 0 Å². The van der Waals surface area contributed by atoms with Crippen molar-refractivity contribution in [1.29, 1.82) is 0 Å². The van der Waals surface area contributed by atoms with E-state index in [1.807, 2.05) is 0 Å². The van der Waals surface area contributed by atoms with E-state index >= 15 is 0 Å². The number of hydrogen-bond acceptors (Lipinski definition) is 6. The van der Waals surface area contributed by atoms with Gasteiger partial charge in [0.15, 0.2) is 5.60 Å². The first-order valence-electron chi connectivity index (χ1n) is 3.68. The number of carbonyl (C=O) groups excluding carboxylic acids is 1. The summed E-state index contributed by atoms with van der Waals surface area (Å²) in [4.78, 5) is 11.1. The van der Waals surface area contributed by atoms with Gasteiger partial charge in [-0.1, -0.05) is 0 Å². The van der Waals surface area contributed by atoms with Gasteiger partial charge in [0, 0.05) is 1.43 Å². The maximum absolute atomic E-state index is 11.1. The van der Waals surface area contributed by atoms with Crippen LogP contribution in [0, 0.1) is 0 Å². The van der Waals surface area contributed by atoms with Crippen LogP contribution < -0.4 is 17.7 Å². The quantitative estimate of drug-likeness (QED) is 0.189. The van der Waals surface area contributed by atoms with E-state index in [0.29, 0.717) is 0 Å². The first-order valence-corrected chi connectivity index (χ1v) is 3.68. The summed E-state index contributed by atoms with van der Waals surface area (Å²) in [5, 5.41) is 3.19. The molecule has 0 saturated heterocycles. The molecular formula is C7H20N4O3. The molecule has 0 radical (unpaired) electrons. The van der Waals surface area contributed by atoms with E-state index in [1.165, 1.54) is 7.11 Å². The standard InChI is InChI=1S/C7H15N3O3.H3N.H2/c1-7(2,6(11)12-3)13-4-5(8)10-9;;/h4,9H2,1-3H3,(H2,8,10);1H3;1H. The second-order valence-electron chi connectivity index (χ2n) is 2.91. The first-order chi connectivity index (χ1) is 5.94. The zero-order valence-electron chi connectivity index (χ0n) is 8.74. The van der Waals surface area contributed by atoms with E-state index in [0.717, 1.165) is 0 Å². The van der Waals surface area contributed by atoms with Crippen LogP contribution in [0.25, 0.3) is 0 Å². The molecule has 0 aliphatic rings. The minimum Gasteiger partial charge on any atom is -0.467 e. The average molecular weight is 208 g/mol. The number of methoxy groups -OCH3 is 1. The highest BCUT2D eigenvalue weighted by Gasteiger charge is 2.29. The lowest BCUT2D eigenvalue weighted by Crippen LogP contribution is -2.39. The highest BCUT2D eigenvalue weighted by Crippen LogP contribution is 2.10. The Morgan fingerprint density at radius 1 is 1.57 bits per heavy atom. The van der Waals surface area contributed by atoms with Crippen molar-refractivity contribution >= 4 is 11.8 Å². The number of esters is 1. The number of nitrogens with zero attached hydrogens (tertiary/aromatic N) is 1. The lowest BCUT2D eigenvalue weighted by atomic mass is 10.1. The van der Waals surface area contributed by atoms with E-state index in [1.54, 1.807) is 13.8 Å². The van der Waals surface area contributed by atoms with E-state index in [-0.39, 0.29) is 20.0 Å². The van der Waals surface area contributed by atoms with Crippen molar-refractivity contribution in [3.63, 3.8) is 0 Å². The lowest BCUT2D eigenvalue weighted by molar-refractivity contribution is -0.163. The molecule has 7 nitrogen and oxygen atoms in total. The molecule has 0 aliphatic heterocycles. The van der Waals surface area contributed by atoms with Crippen LogP contribution in [0.15, 0.2) is 5.10 Å². The molecule has 0 aromatic heterocycles. The van der Waals surface area contributed by atoms with E-state index in [9.17, 15) is 4.79 Å². The van der Waals surface area contributed by atoms with Gasteiger partial charge in [-0.15, -0.1) is 0 Å². The largest absolute Gasteiger partial charge is 0.467 e. The van der Waals surface area contributed by atoms with Crippen molar-refractivity contribution in [2.45, 2.75) is 19.4 Å². The molecule has 7 heteroatoms. The van der Waals surface area contributed by atoms with Gasteiger partial charge in [0.05, 0.1) is 7.11 Å². The molecule has 14 heavy (non-hydrogen) atoms. The van der Waals surface area contributed by atoms with E-state index in [4.69, 9.17) is 16.3 Å². The highest BCUT2D eigenvalue weighted by molar-refractivity contribution is 5.82. The molecule has 0 heterocycles. The van der Waals surface area contributed by atoms with Gasteiger partial charge in [-0.05, 0) is 13.8 Å². The third-order valence-corrected chi connectivity index (χ3v) is 1.42. The Bertz CT molecular complexity index is 220. The van der Waals surface area contributed by atoms with Crippen molar-refractivity contribution < 1.29 is 15.7 Å². The molecular weight excluding hydrogens is 188 g/mol. The topological polar surface area (TPSA) is 135 Å². The molecule has 7 N–H and O–H groups in total. The second kappa shape index (κ2) is 6.17. The minimum atomic E-state index is -1.04. The normalized spacial score (nSPS) is 11.8. The summed E-state index contributed by atoms with van der Waals surface area (Å²) in [7, 11) is 1.29. The number of hydrazone groups is 1. The predicted octanol–water partition coefficient (Wildman–Crippen LogP) is -0.406. The van der Waals surface area contributed by atoms with E-state index < -0.39 is 11.6 Å². The number of amidine groups is 1. The fourth-order valence-electron chi connectivity index (χ4n) is 0.596. The number of rotatable bonds is 4. The van der Waals surface area contributed by atoms with Gasteiger partial charge in [-0.25, -0.2) is 4.79 Å². The Morgan fingerprint density at radius 3 is 2.43 bits per heavy atom. The summed E-state index contributed by atoms with van der Waals surface area (Å²) in [5.41, 5.74) is 4.23. The van der Waals surface area contributed by atoms with Crippen LogP contribution >= 0.6 is 0 Å². The second-order valence-corrected chi connectivity index (χ2v) is 2.91. The summed E-state index contributed by atoms with van der Waals surface area (Å²) in [6.45, 7) is 3.14. The summed E-state index contributed by atoms with van der Waals surface area (Å²) in [6, 6.07) is 0. The van der Waals surface area contributed by atoms with Crippen molar-refractivity contribution in [3.05, 3.63) is 0 Å². The van der Waals surface area contributed by atoms with Crippen LogP contribution in [0.2, 0.25) is 0 Å². The monoisotopic (exact) mass is 208 g/mol. The van der Waals surface area contributed by atoms with Crippen LogP contribution in [0.3, 0.4) is 0 Å². The number of carbonyl (C=O) groups is 1. The molecule has 0 aromatic carbocycles. The van der Waals surface area contributed by atoms with Crippen LogP contribution in [0.5, 0.6) is 0 Å². The zero-order chi connectivity index (χ0) is 10.5. The summed E-state index contributed by atoms with van der Waals surface area (Å²) >= 11 is 0. The van der Waals surface area contributed by atoms with Gasteiger partial charge in [0.1, 0.15) is 12.4 Å². The first kappa shape index (κ1) is 15.1. The number of hydrogen-bond donors (Lipinski definition) is 3. The number of ether oxygens (including phenoxy) is 2. The molecule has 0 bridgehead atoms. The van der Waals surface area contributed by atoms with Crippen LogP contribution in [-0.2, 0) is 14.3 Å². The van der Waals surface area contributed by atoms with Crippen molar-refractivity contribution in [3.8, 4) is 0 Å². The maximum Gasteiger partial charge on any atom is 0.337 e. The van der Waals surface area contributed by atoms with Gasteiger partial charge in [-0.2, -0.15) is 5.10 Å². The van der Waals surface area contributed by atoms with Crippen LogP contribution in [0.4, 0.5) is 0 Å². The lowest BCUT2D eigenvalue weighted by Gasteiger charge is -2.21. The fourth-order valence-corrected chi connectivity index (χ4v) is 0.596. The third kappa shape index (κ3) is 4.63. The molecule has 0 rings (SSSR count). The van der Waals surface area contributed by atoms with Gasteiger partial charge in [-0.3, -0.25) is 0 Å². The summed E-state index contributed by atoms with van der Waals surface area (Å²) in [6.07, 6.45) is 0. The van der Waals surface area contributed by atoms with Crippen LogP contribution in [0.1, 0.15) is 15.3 Å². The molecule has 0 amide bonds. The van der Waals surface area contributed by atoms with Crippen LogP contribution in [-0.4, -0.2) is 31.1 Å². The Kier molecular flexibility index (Phi) is 6.67. The Balaban J connectivity index is -0.000000720. The van der Waals surface area contributed by atoms with Gasteiger partial charge in [0.25, 0.3) is 0 Å². The summed E-state index contributed by atoms with van der Waals surface area (Å²) in [5.74, 6) is 4.52. The molecule has 0 aliphatic carbocycles. The van der Waals surface area contributed by atoms with Crippen molar-refractivity contribution in [2.75, 3.05) is 13.7 Å². The zero-order valence-corrected chi connectivity index (χ0v) is 8.74. The number of nitrogens with two attached hydrogens (primary N) is 2. The molecule has 0 aromatic rings. The molecule has 86 valence electrons. The fraction of sp³-hybridized carbons (Fsp3) is 0.714. The third-order valence-electron chi connectivity index (χ3n) is 1.42. The Morgan fingerprint density at radius 2 is 2.07 bits per heavy atom. The van der Waals surface area contributed by atoms with Gasteiger partial charge >= 0.3 is 5.97 Å². The average Bonchev–Trinajstić information content (AvgIpc) is 2.12. The molecule has 0 atom stereocenters. The minimum absolute atomic E-state index is 0. The highest BCUT2D eigenvalue weighted by atomic mass is 16.6. The molecule has 0 fully saturated rings. The maximum atomic E-state index is 11.1. The Hall–Kier alpha value is -1.34.